The first-order chi connectivity index (χ1) is 9.10. The first kappa shape index (κ1) is 16.8. The topological polar surface area (TPSA) is 32.3 Å². The maximum Gasteiger partial charge on any atom is 0.241 e. The largest absolute Gasteiger partial charge is 0.326 e. The summed E-state index contributed by atoms with van der Waals surface area (Å²) in [6, 6.07) is 0.0676. The van der Waals surface area contributed by atoms with E-state index in [0.29, 0.717) is 11.8 Å². The van der Waals surface area contributed by atoms with Gasteiger partial charge in [-0.05, 0) is 37.2 Å². The van der Waals surface area contributed by atoms with E-state index in [2.05, 4.69) is 37.2 Å². The molecule has 0 bridgehead atoms. The molecule has 2 unspecified atom stereocenters. The Labute approximate surface area is 122 Å². The van der Waals surface area contributed by atoms with Crippen LogP contribution in [0, 0.1) is 5.92 Å². The number of hydrogen-bond donors (Lipinski definition) is 1. The maximum absolute atomic E-state index is 12.5. The molecule has 0 spiro atoms. The van der Waals surface area contributed by atoms with E-state index >= 15 is 0 Å². The zero-order valence-electron chi connectivity index (χ0n) is 12.9. The molecule has 0 aromatic heterocycles. The molecule has 2 atom stereocenters. The van der Waals surface area contributed by atoms with Gasteiger partial charge in [-0.1, -0.05) is 33.6 Å². The van der Waals surface area contributed by atoms with Crippen molar-refractivity contribution in [2.45, 2.75) is 65.1 Å². The minimum Gasteiger partial charge on any atom is -0.326 e. The monoisotopic (exact) mass is 286 g/mol. The van der Waals surface area contributed by atoms with Gasteiger partial charge < -0.3 is 4.90 Å². The zero-order chi connectivity index (χ0) is 14.3. The molecule has 112 valence electrons. The van der Waals surface area contributed by atoms with Crippen molar-refractivity contribution >= 4 is 17.7 Å². The number of unbranched alkanes of at least 4 members (excludes halogenated alkanes) is 1. The van der Waals surface area contributed by atoms with Crippen molar-refractivity contribution in [2.24, 2.45) is 5.92 Å². The molecule has 1 fully saturated rings. The van der Waals surface area contributed by atoms with Crippen LogP contribution in [0.15, 0.2) is 0 Å². The fourth-order valence-electron chi connectivity index (χ4n) is 2.65. The molecule has 0 radical (unpaired) electrons. The lowest BCUT2D eigenvalue weighted by Crippen LogP contribution is -2.39. The number of nitrogens with zero attached hydrogens (tertiary/aromatic N) is 1. The highest BCUT2D eigenvalue weighted by Crippen LogP contribution is 2.21. The molecule has 1 rings (SSSR count). The zero-order valence-corrected chi connectivity index (χ0v) is 13.8. The van der Waals surface area contributed by atoms with Crippen LogP contribution in [-0.2, 0) is 4.79 Å². The van der Waals surface area contributed by atoms with Gasteiger partial charge in [0.1, 0.15) is 0 Å². The number of carbonyl (C=O) groups excluding carboxylic acids is 1. The van der Waals surface area contributed by atoms with Crippen molar-refractivity contribution in [1.82, 2.24) is 10.2 Å². The van der Waals surface area contributed by atoms with Crippen LogP contribution in [0.1, 0.15) is 52.9 Å². The molecule has 4 heteroatoms. The van der Waals surface area contributed by atoms with Crippen molar-refractivity contribution in [3.63, 3.8) is 0 Å². The summed E-state index contributed by atoms with van der Waals surface area (Å²) in [6.07, 6.45) is 7.83. The van der Waals surface area contributed by atoms with Crippen molar-refractivity contribution in [1.29, 1.82) is 0 Å². The van der Waals surface area contributed by atoms with Gasteiger partial charge in [0.2, 0.25) is 5.91 Å². The van der Waals surface area contributed by atoms with Gasteiger partial charge in [0.15, 0.2) is 0 Å². The quantitative estimate of drug-likeness (QED) is 0.661. The molecular formula is C15H30N2OS. The summed E-state index contributed by atoms with van der Waals surface area (Å²) in [4.78, 5) is 14.5. The smallest absolute Gasteiger partial charge is 0.241 e. The fraction of sp³-hybridized carbons (Fsp3) is 0.933. The lowest BCUT2D eigenvalue weighted by atomic mass is 10.1. The van der Waals surface area contributed by atoms with Crippen LogP contribution in [0.2, 0.25) is 0 Å². The Kier molecular flexibility index (Phi) is 7.84. The molecule has 0 saturated carbocycles. The summed E-state index contributed by atoms with van der Waals surface area (Å²) < 4.78 is 0. The van der Waals surface area contributed by atoms with Crippen molar-refractivity contribution in [3.05, 3.63) is 0 Å². The average Bonchev–Trinajstić information content (AvgIpc) is 2.64. The predicted molar refractivity (Wildman–Crippen MR) is 84.4 cm³/mol. The van der Waals surface area contributed by atoms with Gasteiger partial charge in [-0.3, -0.25) is 10.1 Å². The van der Waals surface area contributed by atoms with Crippen molar-refractivity contribution in [3.8, 4) is 0 Å². The summed E-state index contributed by atoms with van der Waals surface area (Å²) in [5.74, 6) is 2.09. The summed E-state index contributed by atoms with van der Waals surface area (Å²) in [5.41, 5.74) is 0. The van der Waals surface area contributed by atoms with Crippen LogP contribution >= 0.6 is 11.8 Å². The molecule has 1 heterocycles. The van der Waals surface area contributed by atoms with Crippen LogP contribution in [0.25, 0.3) is 0 Å². The van der Waals surface area contributed by atoms with E-state index in [4.69, 9.17) is 0 Å². The van der Waals surface area contributed by atoms with E-state index in [1.807, 2.05) is 11.8 Å². The van der Waals surface area contributed by atoms with E-state index in [-0.39, 0.29) is 12.2 Å². The standard InChI is InChI=1S/C15H30N2OS/c1-5-6-8-13-15(18)17(9-7-10-19-4)14(16-13)11-12(2)3/h12-14,16H,5-11H2,1-4H3. The SMILES string of the molecule is CCCCC1NC(CC(C)C)N(CCCSC)C1=O. The Morgan fingerprint density at radius 1 is 1.37 bits per heavy atom. The second kappa shape index (κ2) is 8.85. The van der Waals surface area contributed by atoms with Crippen molar-refractivity contribution in [2.75, 3.05) is 18.6 Å². The Hall–Kier alpha value is -0.220. The molecule has 1 saturated heterocycles. The third kappa shape index (κ3) is 5.35. The minimum atomic E-state index is 0.0676. The normalized spacial score (nSPS) is 23.6. The molecule has 0 aromatic rings. The number of hydrogen-bond acceptors (Lipinski definition) is 3. The predicted octanol–water partition coefficient (Wildman–Crippen LogP) is 3.10. The number of thioether (sulfide) groups is 1. The molecule has 1 aliphatic heterocycles. The summed E-state index contributed by atoms with van der Waals surface area (Å²) >= 11 is 1.86. The highest BCUT2D eigenvalue weighted by molar-refractivity contribution is 7.98. The Morgan fingerprint density at radius 2 is 2.11 bits per heavy atom. The fourth-order valence-corrected chi connectivity index (χ4v) is 3.07. The Morgan fingerprint density at radius 3 is 2.68 bits per heavy atom. The second-order valence-corrected chi connectivity index (χ2v) is 6.87. The maximum atomic E-state index is 12.5. The van der Waals surface area contributed by atoms with Crippen LogP contribution in [-0.4, -0.2) is 41.6 Å². The van der Waals surface area contributed by atoms with E-state index in [9.17, 15) is 4.79 Å². The summed E-state index contributed by atoms with van der Waals surface area (Å²) in [5, 5.41) is 3.55. The van der Waals surface area contributed by atoms with Gasteiger partial charge in [-0.15, -0.1) is 0 Å². The van der Waals surface area contributed by atoms with Crippen LogP contribution in [0.4, 0.5) is 0 Å². The summed E-state index contributed by atoms with van der Waals surface area (Å²) in [6.45, 7) is 7.55. The number of carbonyl (C=O) groups is 1. The van der Waals surface area contributed by atoms with Gasteiger partial charge in [0.05, 0.1) is 12.2 Å². The minimum absolute atomic E-state index is 0.0676. The highest BCUT2D eigenvalue weighted by atomic mass is 32.2. The van der Waals surface area contributed by atoms with Crippen LogP contribution in [0.5, 0.6) is 0 Å². The van der Waals surface area contributed by atoms with E-state index in [0.717, 1.165) is 44.4 Å². The third-order valence-corrected chi connectivity index (χ3v) is 4.34. The first-order valence-electron chi connectivity index (χ1n) is 7.65. The molecule has 1 N–H and O–H groups in total. The molecule has 3 nitrogen and oxygen atoms in total. The second-order valence-electron chi connectivity index (χ2n) is 5.88. The molecule has 1 aliphatic rings. The van der Waals surface area contributed by atoms with Crippen molar-refractivity contribution < 1.29 is 4.79 Å². The van der Waals surface area contributed by atoms with E-state index in [1.54, 1.807) is 0 Å². The lowest BCUT2D eigenvalue weighted by molar-refractivity contribution is -0.130. The van der Waals surface area contributed by atoms with Gasteiger partial charge in [0, 0.05) is 6.54 Å². The van der Waals surface area contributed by atoms with Crippen LogP contribution in [0.3, 0.4) is 0 Å². The molecule has 19 heavy (non-hydrogen) atoms. The van der Waals surface area contributed by atoms with E-state index < -0.39 is 0 Å². The number of amides is 1. The number of nitrogens with one attached hydrogen (secondary N) is 1. The third-order valence-electron chi connectivity index (χ3n) is 3.64. The molecule has 1 amide bonds. The number of rotatable bonds is 9. The average molecular weight is 286 g/mol. The van der Waals surface area contributed by atoms with E-state index in [1.165, 1.54) is 0 Å². The van der Waals surface area contributed by atoms with Crippen LogP contribution < -0.4 is 5.32 Å². The first-order valence-corrected chi connectivity index (χ1v) is 9.05. The summed E-state index contributed by atoms with van der Waals surface area (Å²) in [7, 11) is 0. The molecule has 0 aromatic carbocycles. The Balaban J connectivity index is 2.56. The highest BCUT2D eigenvalue weighted by Gasteiger charge is 2.37. The van der Waals surface area contributed by atoms with Gasteiger partial charge in [-0.2, -0.15) is 11.8 Å². The lowest BCUT2D eigenvalue weighted by Gasteiger charge is -2.25. The molecular weight excluding hydrogens is 256 g/mol. The molecule has 0 aliphatic carbocycles. The van der Waals surface area contributed by atoms with Gasteiger partial charge in [-0.25, -0.2) is 0 Å². The van der Waals surface area contributed by atoms with Gasteiger partial charge in [0.25, 0.3) is 0 Å². The Bertz CT molecular complexity index is 271. The van der Waals surface area contributed by atoms with Gasteiger partial charge >= 0.3 is 0 Å².